The molecule has 5 nitrogen and oxygen atoms in total. The first-order valence-corrected chi connectivity index (χ1v) is 7.76. The molecular weight excluding hydrogens is 280 g/mol. The molecule has 0 aromatic carbocycles. The molecule has 5 N–H and O–H groups in total. The van der Waals surface area contributed by atoms with Gasteiger partial charge in [0.05, 0.1) is 11.6 Å². The molecule has 0 saturated carbocycles. The lowest BCUT2D eigenvalue weighted by Crippen LogP contribution is -2.46. The Morgan fingerprint density at radius 3 is 3.11 bits per heavy atom. The number of nitrogens with one attached hydrogen (secondary N) is 1. The molecule has 0 aliphatic carbocycles. The molecule has 2 rings (SSSR count). The van der Waals surface area contributed by atoms with E-state index in [-0.39, 0.29) is 0 Å². The van der Waals surface area contributed by atoms with Crippen LogP contribution in [0.5, 0.6) is 0 Å². The predicted molar refractivity (Wildman–Crippen MR) is 81.9 cm³/mol. The highest BCUT2D eigenvalue weighted by Crippen LogP contribution is 2.27. The minimum Gasteiger partial charge on any atom is -0.385 e. The summed E-state index contributed by atoms with van der Waals surface area (Å²) < 4.78 is 5.05. The highest BCUT2D eigenvalue weighted by molar-refractivity contribution is 8.02. The van der Waals surface area contributed by atoms with Gasteiger partial charge in [0.1, 0.15) is 5.66 Å². The van der Waals surface area contributed by atoms with Crippen LogP contribution in [0.1, 0.15) is 11.3 Å². The average molecular weight is 298 g/mol. The molecule has 0 fully saturated rings. The van der Waals surface area contributed by atoms with Crippen LogP contribution in [-0.2, 0) is 10.5 Å². The van der Waals surface area contributed by atoms with Gasteiger partial charge in [-0.1, -0.05) is 6.07 Å². The van der Waals surface area contributed by atoms with Crippen LogP contribution < -0.4 is 16.8 Å². The van der Waals surface area contributed by atoms with Crippen LogP contribution in [0.25, 0.3) is 0 Å². The van der Waals surface area contributed by atoms with Crippen molar-refractivity contribution in [2.45, 2.75) is 17.8 Å². The lowest BCUT2D eigenvalue weighted by Gasteiger charge is -2.27. The van der Waals surface area contributed by atoms with Gasteiger partial charge in [0, 0.05) is 24.2 Å². The van der Waals surface area contributed by atoms with Crippen molar-refractivity contribution >= 4 is 29.1 Å². The summed E-state index contributed by atoms with van der Waals surface area (Å²) in [7, 11) is 1.65. The molecule has 1 unspecified atom stereocenters. The molecule has 104 valence electrons. The van der Waals surface area contributed by atoms with Crippen LogP contribution in [0, 0.1) is 0 Å². The Hall–Kier alpha value is -1.02. The minimum atomic E-state index is -0.775. The third-order valence-electron chi connectivity index (χ3n) is 2.62. The Labute approximate surface area is 121 Å². The SMILES string of the molecule is COCCC1(N)C=C(SCc2cccs2)NC(N)=N1. The third kappa shape index (κ3) is 4.24. The summed E-state index contributed by atoms with van der Waals surface area (Å²) in [5.41, 5.74) is 11.2. The molecule has 1 aromatic heterocycles. The normalized spacial score (nSPS) is 22.6. The Morgan fingerprint density at radius 1 is 1.58 bits per heavy atom. The van der Waals surface area contributed by atoms with E-state index in [9.17, 15) is 0 Å². The second-order valence-corrected chi connectivity index (χ2v) is 6.28. The number of hydrogen-bond acceptors (Lipinski definition) is 7. The zero-order valence-corrected chi connectivity index (χ0v) is 12.4. The summed E-state index contributed by atoms with van der Waals surface area (Å²) >= 11 is 3.41. The summed E-state index contributed by atoms with van der Waals surface area (Å²) in [6.45, 7) is 0.548. The van der Waals surface area contributed by atoms with Gasteiger partial charge in [-0.15, -0.1) is 23.1 Å². The number of hydrogen-bond donors (Lipinski definition) is 3. The molecule has 19 heavy (non-hydrogen) atoms. The van der Waals surface area contributed by atoms with Crippen molar-refractivity contribution in [3.05, 3.63) is 33.5 Å². The monoisotopic (exact) mass is 298 g/mol. The fraction of sp³-hybridized carbons (Fsp3) is 0.417. The van der Waals surface area contributed by atoms with E-state index in [1.807, 2.05) is 12.1 Å². The summed E-state index contributed by atoms with van der Waals surface area (Å²) in [5.74, 6) is 1.25. The van der Waals surface area contributed by atoms with Crippen LogP contribution in [-0.4, -0.2) is 25.3 Å². The highest BCUT2D eigenvalue weighted by Gasteiger charge is 2.26. The zero-order chi connectivity index (χ0) is 13.7. The smallest absolute Gasteiger partial charge is 0.195 e. The number of rotatable bonds is 6. The molecule has 1 aliphatic heterocycles. The van der Waals surface area contributed by atoms with Gasteiger partial charge in [0.25, 0.3) is 0 Å². The molecule has 0 radical (unpaired) electrons. The molecule has 1 aromatic rings. The molecule has 7 heteroatoms. The van der Waals surface area contributed by atoms with Gasteiger partial charge in [-0.25, -0.2) is 4.99 Å². The molecule has 1 atom stereocenters. The van der Waals surface area contributed by atoms with Gasteiger partial charge in [0.15, 0.2) is 5.96 Å². The average Bonchev–Trinajstić information content (AvgIpc) is 2.86. The minimum absolute atomic E-state index is 0.356. The topological polar surface area (TPSA) is 85.7 Å². The van der Waals surface area contributed by atoms with Gasteiger partial charge in [-0.05, 0) is 17.5 Å². The van der Waals surface area contributed by atoms with E-state index in [0.717, 1.165) is 10.8 Å². The van der Waals surface area contributed by atoms with Crippen molar-refractivity contribution < 1.29 is 4.74 Å². The standard InChI is InChI=1S/C12H18N4OS2/c1-17-5-4-12(14)7-10(15-11(13)16-12)19-8-9-3-2-6-18-9/h2-3,6-7H,4-5,8,14H2,1H3,(H3,13,15,16). The number of nitrogens with zero attached hydrogens (tertiary/aromatic N) is 1. The fourth-order valence-corrected chi connectivity index (χ4v) is 3.48. The van der Waals surface area contributed by atoms with E-state index in [0.29, 0.717) is 19.0 Å². The molecule has 1 aliphatic rings. The number of ether oxygens (including phenoxy) is 1. The maximum Gasteiger partial charge on any atom is 0.195 e. The van der Waals surface area contributed by atoms with Crippen molar-refractivity contribution in [1.29, 1.82) is 0 Å². The molecule has 0 saturated heterocycles. The first-order chi connectivity index (χ1) is 9.11. The number of methoxy groups -OCH3 is 1. The van der Waals surface area contributed by atoms with Crippen LogP contribution >= 0.6 is 23.1 Å². The number of thiophene rings is 1. The summed E-state index contributed by atoms with van der Waals surface area (Å²) in [6, 6.07) is 4.16. The Balaban J connectivity index is 1.99. The van der Waals surface area contributed by atoms with Gasteiger partial charge in [-0.2, -0.15) is 0 Å². The maximum atomic E-state index is 6.20. The van der Waals surface area contributed by atoms with Crippen molar-refractivity contribution in [3.63, 3.8) is 0 Å². The van der Waals surface area contributed by atoms with Crippen LogP contribution in [0.2, 0.25) is 0 Å². The van der Waals surface area contributed by atoms with E-state index in [1.165, 1.54) is 4.88 Å². The zero-order valence-electron chi connectivity index (χ0n) is 10.8. The summed E-state index contributed by atoms with van der Waals surface area (Å²) in [6.07, 6.45) is 2.52. The maximum absolute atomic E-state index is 6.20. The third-order valence-corrected chi connectivity index (χ3v) is 4.66. The second kappa shape index (κ2) is 6.42. The Bertz CT molecular complexity index is 472. The first-order valence-electron chi connectivity index (χ1n) is 5.89. The number of aliphatic imine (C=N–C) groups is 1. The van der Waals surface area contributed by atoms with Crippen molar-refractivity contribution in [1.82, 2.24) is 5.32 Å². The molecular formula is C12H18N4OS2. The molecule has 2 heterocycles. The van der Waals surface area contributed by atoms with E-state index < -0.39 is 5.66 Å². The quantitative estimate of drug-likeness (QED) is 0.740. The number of guanidine groups is 1. The van der Waals surface area contributed by atoms with Crippen molar-refractivity contribution in [3.8, 4) is 0 Å². The van der Waals surface area contributed by atoms with Crippen LogP contribution in [0.4, 0.5) is 0 Å². The van der Waals surface area contributed by atoms with Crippen molar-refractivity contribution in [2.24, 2.45) is 16.5 Å². The van der Waals surface area contributed by atoms with E-state index >= 15 is 0 Å². The Morgan fingerprint density at radius 2 is 2.42 bits per heavy atom. The molecule has 0 spiro atoms. The molecule has 0 bridgehead atoms. The van der Waals surface area contributed by atoms with Crippen LogP contribution in [0.3, 0.4) is 0 Å². The lowest BCUT2D eigenvalue weighted by atomic mass is 10.1. The van der Waals surface area contributed by atoms with Crippen LogP contribution in [0.15, 0.2) is 33.6 Å². The van der Waals surface area contributed by atoms with E-state index in [1.54, 1.807) is 30.2 Å². The molecule has 0 amide bonds. The predicted octanol–water partition coefficient (Wildman–Crippen LogP) is 1.43. The largest absolute Gasteiger partial charge is 0.385 e. The number of nitrogens with two attached hydrogens (primary N) is 2. The lowest BCUT2D eigenvalue weighted by molar-refractivity contribution is 0.178. The number of thioether (sulfide) groups is 1. The van der Waals surface area contributed by atoms with Gasteiger partial charge in [0.2, 0.25) is 0 Å². The summed E-state index contributed by atoms with van der Waals surface area (Å²) in [4.78, 5) is 5.55. The first kappa shape index (κ1) is 14.4. The fourth-order valence-electron chi connectivity index (χ4n) is 1.69. The van der Waals surface area contributed by atoms with Crippen molar-refractivity contribution in [2.75, 3.05) is 13.7 Å². The van der Waals surface area contributed by atoms with E-state index in [4.69, 9.17) is 16.2 Å². The Kier molecular flexibility index (Phi) is 4.87. The van der Waals surface area contributed by atoms with Gasteiger partial charge >= 0.3 is 0 Å². The van der Waals surface area contributed by atoms with E-state index in [2.05, 4.69) is 21.8 Å². The highest BCUT2D eigenvalue weighted by atomic mass is 32.2. The van der Waals surface area contributed by atoms with Gasteiger partial charge in [-0.3, -0.25) is 0 Å². The summed E-state index contributed by atoms with van der Waals surface area (Å²) in [5, 5.41) is 6.06. The second-order valence-electron chi connectivity index (χ2n) is 4.23. The van der Waals surface area contributed by atoms with Gasteiger partial charge < -0.3 is 21.5 Å².